The van der Waals surface area contributed by atoms with Crippen LogP contribution < -0.4 is 10.6 Å². The summed E-state index contributed by atoms with van der Waals surface area (Å²) in [4.78, 5) is 21.2. The summed E-state index contributed by atoms with van der Waals surface area (Å²) < 4.78 is 0. The molecule has 2 aromatic rings. The van der Waals surface area contributed by atoms with Gasteiger partial charge in [0.1, 0.15) is 5.82 Å². The molecule has 0 aliphatic rings. The quantitative estimate of drug-likeness (QED) is 0.882. The summed E-state index contributed by atoms with van der Waals surface area (Å²) in [6.45, 7) is 2.44. The number of carbonyl (C=O) groups excluding carboxylic acids is 1. The Morgan fingerprint density at radius 3 is 2.94 bits per heavy atom. The summed E-state index contributed by atoms with van der Waals surface area (Å²) in [6, 6.07) is 3.41. The van der Waals surface area contributed by atoms with Crippen LogP contribution in [-0.2, 0) is 6.54 Å². The summed E-state index contributed by atoms with van der Waals surface area (Å²) in [7, 11) is 1.77. The molecule has 0 unspecified atom stereocenters. The van der Waals surface area contributed by atoms with Crippen molar-refractivity contribution in [3.8, 4) is 0 Å². The molecule has 0 aliphatic carbocycles. The van der Waals surface area contributed by atoms with Gasteiger partial charge in [0.15, 0.2) is 0 Å². The van der Waals surface area contributed by atoms with E-state index in [0.717, 1.165) is 10.6 Å². The summed E-state index contributed by atoms with van der Waals surface area (Å²) in [5.74, 6) is 0.568. The first kappa shape index (κ1) is 12.5. The first-order chi connectivity index (χ1) is 8.70. The number of rotatable bonds is 4. The molecular weight excluding hydrogens is 248 g/mol. The number of hydrogen-bond acceptors (Lipinski definition) is 5. The van der Waals surface area contributed by atoms with Crippen LogP contribution in [0.2, 0.25) is 0 Å². The first-order valence-electron chi connectivity index (χ1n) is 5.51. The summed E-state index contributed by atoms with van der Waals surface area (Å²) in [5, 5.41) is 5.77. The Balaban J connectivity index is 2.01. The highest BCUT2D eigenvalue weighted by molar-refractivity contribution is 7.09. The van der Waals surface area contributed by atoms with E-state index < -0.39 is 0 Å². The Hall–Kier alpha value is -1.95. The summed E-state index contributed by atoms with van der Waals surface area (Å²) >= 11 is 1.54. The van der Waals surface area contributed by atoms with E-state index in [2.05, 4.69) is 20.6 Å². The van der Waals surface area contributed by atoms with Crippen molar-refractivity contribution in [3.63, 3.8) is 0 Å². The molecule has 0 atom stereocenters. The third-order valence-electron chi connectivity index (χ3n) is 2.53. The van der Waals surface area contributed by atoms with Crippen molar-refractivity contribution < 1.29 is 4.79 Å². The van der Waals surface area contributed by atoms with Crippen LogP contribution in [0.15, 0.2) is 23.8 Å². The third-order valence-corrected chi connectivity index (χ3v) is 3.47. The summed E-state index contributed by atoms with van der Waals surface area (Å²) in [5.41, 5.74) is 3.34. The van der Waals surface area contributed by atoms with E-state index in [1.807, 2.05) is 6.92 Å². The number of aryl methyl sites for hydroxylation is 1. The predicted molar refractivity (Wildman–Crippen MR) is 71.8 cm³/mol. The van der Waals surface area contributed by atoms with Crippen LogP contribution in [0, 0.1) is 6.92 Å². The van der Waals surface area contributed by atoms with Gasteiger partial charge in [-0.2, -0.15) is 0 Å². The van der Waals surface area contributed by atoms with Crippen LogP contribution >= 0.6 is 11.3 Å². The van der Waals surface area contributed by atoms with Crippen molar-refractivity contribution in [1.29, 1.82) is 0 Å². The average Bonchev–Trinajstić information content (AvgIpc) is 2.81. The molecule has 1 amide bonds. The molecule has 0 saturated heterocycles. The molecule has 2 rings (SSSR count). The molecule has 0 aliphatic heterocycles. The number of anilines is 1. The minimum Gasteiger partial charge on any atom is -0.373 e. The molecule has 0 aromatic carbocycles. The van der Waals surface area contributed by atoms with Crippen molar-refractivity contribution in [2.75, 3.05) is 12.4 Å². The fourth-order valence-electron chi connectivity index (χ4n) is 1.47. The van der Waals surface area contributed by atoms with E-state index >= 15 is 0 Å². The SMILES string of the molecule is CNc1cc(C(=O)NCc2scnc2C)ccn1. The highest BCUT2D eigenvalue weighted by atomic mass is 32.1. The molecule has 5 nitrogen and oxygen atoms in total. The van der Waals surface area contributed by atoms with Gasteiger partial charge in [-0.05, 0) is 19.1 Å². The maximum atomic E-state index is 11.9. The Labute approximate surface area is 109 Å². The number of pyridine rings is 1. The zero-order valence-corrected chi connectivity index (χ0v) is 11.0. The number of nitrogens with zero attached hydrogens (tertiary/aromatic N) is 2. The van der Waals surface area contributed by atoms with Crippen molar-refractivity contribution in [3.05, 3.63) is 40.0 Å². The second kappa shape index (κ2) is 5.59. The topological polar surface area (TPSA) is 66.9 Å². The van der Waals surface area contributed by atoms with Crippen LogP contribution in [0.25, 0.3) is 0 Å². The largest absolute Gasteiger partial charge is 0.373 e. The van der Waals surface area contributed by atoms with Crippen LogP contribution in [0.1, 0.15) is 20.9 Å². The van der Waals surface area contributed by atoms with Gasteiger partial charge in [-0.1, -0.05) is 0 Å². The highest BCUT2D eigenvalue weighted by Gasteiger charge is 2.08. The molecule has 0 bridgehead atoms. The second-order valence-corrected chi connectivity index (χ2v) is 4.66. The molecule has 0 radical (unpaired) electrons. The zero-order chi connectivity index (χ0) is 13.0. The van der Waals surface area contributed by atoms with Crippen LogP contribution in [0.3, 0.4) is 0 Å². The molecular formula is C12H14N4OS. The summed E-state index contributed by atoms with van der Waals surface area (Å²) in [6.07, 6.45) is 1.61. The predicted octanol–water partition coefficient (Wildman–Crippen LogP) is 1.82. The van der Waals surface area contributed by atoms with Crippen molar-refractivity contribution >= 4 is 23.1 Å². The molecule has 2 heterocycles. The fraction of sp³-hybridized carbons (Fsp3) is 0.250. The van der Waals surface area contributed by atoms with E-state index in [9.17, 15) is 4.79 Å². The van der Waals surface area contributed by atoms with Crippen molar-refractivity contribution in [2.45, 2.75) is 13.5 Å². The minimum atomic E-state index is -0.110. The molecule has 2 N–H and O–H groups in total. The Morgan fingerprint density at radius 1 is 1.44 bits per heavy atom. The van der Waals surface area contributed by atoms with Crippen LogP contribution in [0.4, 0.5) is 5.82 Å². The fourth-order valence-corrected chi connectivity index (χ4v) is 2.18. The van der Waals surface area contributed by atoms with Gasteiger partial charge in [0.2, 0.25) is 0 Å². The van der Waals surface area contributed by atoms with Crippen molar-refractivity contribution in [2.24, 2.45) is 0 Å². The second-order valence-electron chi connectivity index (χ2n) is 3.72. The Morgan fingerprint density at radius 2 is 2.28 bits per heavy atom. The smallest absolute Gasteiger partial charge is 0.251 e. The van der Waals surface area contributed by atoms with Crippen LogP contribution in [-0.4, -0.2) is 22.9 Å². The van der Waals surface area contributed by atoms with Gasteiger partial charge in [0, 0.05) is 23.7 Å². The lowest BCUT2D eigenvalue weighted by Crippen LogP contribution is -2.22. The maximum absolute atomic E-state index is 11.9. The van der Waals surface area contributed by atoms with Gasteiger partial charge < -0.3 is 10.6 Å². The van der Waals surface area contributed by atoms with E-state index in [0.29, 0.717) is 17.9 Å². The zero-order valence-electron chi connectivity index (χ0n) is 10.2. The average molecular weight is 262 g/mol. The number of aromatic nitrogens is 2. The monoisotopic (exact) mass is 262 g/mol. The van der Waals surface area contributed by atoms with E-state index in [-0.39, 0.29) is 5.91 Å². The lowest BCUT2D eigenvalue weighted by molar-refractivity contribution is 0.0951. The van der Waals surface area contributed by atoms with Crippen LogP contribution in [0.5, 0.6) is 0 Å². The number of amides is 1. The molecule has 18 heavy (non-hydrogen) atoms. The lowest BCUT2D eigenvalue weighted by atomic mass is 10.2. The van der Waals surface area contributed by atoms with E-state index in [4.69, 9.17) is 0 Å². The number of thiazole rings is 1. The maximum Gasteiger partial charge on any atom is 0.251 e. The number of carbonyl (C=O) groups is 1. The van der Waals surface area contributed by atoms with E-state index in [1.165, 1.54) is 0 Å². The minimum absolute atomic E-state index is 0.110. The van der Waals surface area contributed by atoms with E-state index in [1.54, 1.807) is 42.2 Å². The molecule has 6 heteroatoms. The van der Waals surface area contributed by atoms with Gasteiger partial charge in [-0.15, -0.1) is 11.3 Å². The molecule has 2 aromatic heterocycles. The van der Waals surface area contributed by atoms with Gasteiger partial charge in [-0.3, -0.25) is 4.79 Å². The van der Waals surface area contributed by atoms with Gasteiger partial charge in [0.25, 0.3) is 5.91 Å². The Kier molecular flexibility index (Phi) is 3.88. The number of hydrogen-bond donors (Lipinski definition) is 2. The standard InChI is InChI=1S/C12H14N4OS/c1-8-10(18-7-16-8)6-15-12(17)9-3-4-14-11(5-9)13-2/h3-5,7H,6H2,1-2H3,(H,13,14)(H,15,17). The highest BCUT2D eigenvalue weighted by Crippen LogP contribution is 2.12. The molecule has 0 fully saturated rings. The number of nitrogens with one attached hydrogen (secondary N) is 2. The first-order valence-corrected chi connectivity index (χ1v) is 6.39. The van der Waals surface area contributed by atoms with Crippen molar-refractivity contribution in [1.82, 2.24) is 15.3 Å². The Bertz CT molecular complexity index is 553. The van der Waals surface area contributed by atoms with Gasteiger partial charge >= 0.3 is 0 Å². The molecule has 94 valence electrons. The third kappa shape index (κ3) is 2.84. The van der Waals surface area contributed by atoms with Gasteiger partial charge in [0.05, 0.1) is 17.7 Å². The molecule has 0 saturated carbocycles. The molecule has 0 spiro atoms. The lowest BCUT2D eigenvalue weighted by Gasteiger charge is -2.05. The van der Waals surface area contributed by atoms with Gasteiger partial charge in [-0.25, -0.2) is 9.97 Å². The normalized spacial score (nSPS) is 10.1.